The first-order chi connectivity index (χ1) is 11.0. The zero-order valence-electron chi connectivity index (χ0n) is 15.9. The van der Waals surface area contributed by atoms with E-state index in [1.807, 2.05) is 0 Å². The summed E-state index contributed by atoms with van der Waals surface area (Å²) in [6.45, 7) is 11.8. The predicted octanol–water partition coefficient (Wildman–Crippen LogP) is 5.94. The minimum absolute atomic E-state index is 0.674. The summed E-state index contributed by atoms with van der Waals surface area (Å²) in [6.07, 6.45) is 7.91. The maximum absolute atomic E-state index is 3.93. The van der Waals surface area contributed by atoms with Crippen molar-refractivity contribution in [3.8, 4) is 0 Å². The van der Waals surface area contributed by atoms with Gasteiger partial charge in [0.15, 0.2) is 0 Å². The first-order valence-electron chi connectivity index (χ1n) is 9.86. The van der Waals surface area contributed by atoms with Crippen LogP contribution >= 0.6 is 0 Å². The molecule has 0 spiro atoms. The fraction of sp³-hybridized carbons (Fsp3) is 0.727. The van der Waals surface area contributed by atoms with Crippen molar-refractivity contribution in [1.82, 2.24) is 5.32 Å². The normalized spacial score (nSPS) is 24.6. The molecule has 1 aromatic rings. The molecule has 0 radical (unpaired) electrons. The Bertz CT molecular complexity index is 465. The molecule has 1 heterocycles. The van der Waals surface area contributed by atoms with E-state index in [0.717, 1.165) is 30.3 Å². The van der Waals surface area contributed by atoms with Crippen molar-refractivity contribution in [3.05, 3.63) is 35.4 Å². The molecule has 1 nitrogen and oxygen atoms in total. The molecule has 1 N–H and O–H groups in total. The molecule has 130 valence electrons. The van der Waals surface area contributed by atoms with E-state index in [1.165, 1.54) is 43.2 Å². The maximum Gasteiger partial charge on any atom is 0.00954 e. The molecular formula is C22H37N. The van der Waals surface area contributed by atoms with Crippen molar-refractivity contribution in [2.24, 2.45) is 11.8 Å². The predicted molar refractivity (Wildman–Crippen MR) is 102 cm³/mol. The maximum atomic E-state index is 3.93. The molecule has 0 aliphatic carbocycles. The van der Waals surface area contributed by atoms with Gasteiger partial charge in [-0.1, -0.05) is 65.3 Å². The van der Waals surface area contributed by atoms with Gasteiger partial charge in [0.2, 0.25) is 0 Å². The van der Waals surface area contributed by atoms with Crippen LogP contribution in [0.3, 0.4) is 0 Å². The van der Waals surface area contributed by atoms with Gasteiger partial charge in [0.25, 0.3) is 0 Å². The Kier molecular flexibility index (Phi) is 7.14. The topological polar surface area (TPSA) is 12.0 Å². The summed E-state index contributed by atoms with van der Waals surface area (Å²) in [7, 11) is 0. The quantitative estimate of drug-likeness (QED) is 0.657. The largest absolute Gasteiger partial charge is 0.311 e. The number of benzene rings is 1. The molecule has 1 aliphatic heterocycles. The second-order valence-electron chi connectivity index (χ2n) is 8.11. The number of aryl methyl sites for hydroxylation is 1. The SMILES string of the molecule is CCc1cccc(C(C)CCC(C)C2CCCC(C(C)C)N2)c1. The van der Waals surface area contributed by atoms with Gasteiger partial charge in [-0.15, -0.1) is 0 Å². The molecule has 1 heteroatoms. The second kappa shape index (κ2) is 8.87. The molecule has 4 unspecified atom stereocenters. The average molecular weight is 316 g/mol. The van der Waals surface area contributed by atoms with Gasteiger partial charge in [-0.05, 0) is 61.0 Å². The summed E-state index contributed by atoms with van der Waals surface area (Å²) in [5.74, 6) is 2.22. The highest BCUT2D eigenvalue weighted by atomic mass is 15.0. The number of hydrogen-bond acceptors (Lipinski definition) is 1. The summed E-state index contributed by atoms with van der Waals surface area (Å²) in [4.78, 5) is 0. The molecule has 0 bridgehead atoms. The van der Waals surface area contributed by atoms with Crippen LogP contribution in [0.25, 0.3) is 0 Å². The van der Waals surface area contributed by atoms with Gasteiger partial charge in [-0.3, -0.25) is 0 Å². The minimum Gasteiger partial charge on any atom is -0.311 e. The summed E-state index contributed by atoms with van der Waals surface area (Å²) in [5.41, 5.74) is 2.99. The number of nitrogens with one attached hydrogen (secondary N) is 1. The fourth-order valence-electron chi connectivity index (χ4n) is 3.97. The van der Waals surface area contributed by atoms with Crippen LogP contribution in [-0.4, -0.2) is 12.1 Å². The van der Waals surface area contributed by atoms with Crippen molar-refractivity contribution < 1.29 is 0 Å². The highest BCUT2D eigenvalue weighted by Crippen LogP contribution is 2.28. The summed E-state index contributed by atoms with van der Waals surface area (Å²) >= 11 is 0. The van der Waals surface area contributed by atoms with E-state index in [0.29, 0.717) is 5.92 Å². The number of hydrogen-bond donors (Lipinski definition) is 1. The molecule has 0 amide bonds. The Morgan fingerprint density at radius 3 is 2.48 bits per heavy atom. The Morgan fingerprint density at radius 1 is 1.04 bits per heavy atom. The van der Waals surface area contributed by atoms with Crippen LogP contribution in [0.15, 0.2) is 24.3 Å². The molecule has 0 aromatic heterocycles. The Morgan fingerprint density at radius 2 is 1.78 bits per heavy atom. The Balaban J connectivity index is 1.84. The third kappa shape index (κ3) is 5.35. The lowest BCUT2D eigenvalue weighted by atomic mass is 9.83. The van der Waals surface area contributed by atoms with E-state index in [1.54, 1.807) is 0 Å². The molecule has 0 saturated carbocycles. The third-order valence-electron chi connectivity index (χ3n) is 5.93. The first-order valence-corrected chi connectivity index (χ1v) is 9.86. The molecule has 23 heavy (non-hydrogen) atoms. The van der Waals surface area contributed by atoms with Crippen molar-refractivity contribution >= 4 is 0 Å². The fourth-order valence-corrected chi connectivity index (χ4v) is 3.97. The van der Waals surface area contributed by atoms with Gasteiger partial charge >= 0.3 is 0 Å². The molecular weight excluding hydrogens is 278 g/mol. The van der Waals surface area contributed by atoms with Gasteiger partial charge < -0.3 is 5.32 Å². The monoisotopic (exact) mass is 315 g/mol. The molecule has 1 aromatic carbocycles. The highest BCUT2D eigenvalue weighted by molar-refractivity contribution is 5.26. The smallest absolute Gasteiger partial charge is 0.00954 e. The Hall–Kier alpha value is -0.820. The van der Waals surface area contributed by atoms with E-state index in [9.17, 15) is 0 Å². The minimum atomic E-state index is 0.674. The lowest BCUT2D eigenvalue weighted by Gasteiger charge is -2.37. The van der Waals surface area contributed by atoms with E-state index < -0.39 is 0 Å². The van der Waals surface area contributed by atoms with Crippen molar-refractivity contribution in [2.75, 3.05) is 0 Å². The van der Waals surface area contributed by atoms with Gasteiger partial charge in [-0.2, -0.15) is 0 Å². The summed E-state index contributed by atoms with van der Waals surface area (Å²) in [5, 5.41) is 3.93. The molecule has 1 aliphatic rings. The number of piperidine rings is 1. The zero-order valence-corrected chi connectivity index (χ0v) is 15.9. The lowest BCUT2D eigenvalue weighted by Crippen LogP contribution is -2.47. The molecule has 4 atom stereocenters. The standard InChI is InChI=1S/C22H37N/c1-6-19-9-7-10-20(15-19)17(4)13-14-18(5)22-12-8-11-21(23-22)16(2)3/h7,9-10,15-18,21-23H,6,8,11-14H2,1-5H3. The van der Waals surface area contributed by atoms with E-state index >= 15 is 0 Å². The van der Waals surface area contributed by atoms with Gasteiger partial charge in [0, 0.05) is 12.1 Å². The van der Waals surface area contributed by atoms with Gasteiger partial charge in [-0.25, -0.2) is 0 Å². The zero-order chi connectivity index (χ0) is 16.8. The highest BCUT2D eigenvalue weighted by Gasteiger charge is 2.26. The van der Waals surface area contributed by atoms with Gasteiger partial charge in [0.05, 0.1) is 0 Å². The number of rotatable bonds is 7. The van der Waals surface area contributed by atoms with Crippen LogP contribution in [0.4, 0.5) is 0 Å². The molecule has 2 rings (SSSR count). The summed E-state index contributed by atoms with van der Waals surface area (Å²) in [6, 6.07) is 10.6. The summed E-state index contributed by atoms with van der Waals surface area (Å²) < 4.78 is 0. The van der Waals surface area contributed by atoms with E-state index in [4.69, 9.17) is 0 Å². The van der Waals surface area contributed by atoms with Crippen LogP contribution in [-0.2, 0) is 6.42 Å². The Labute approximate surface area is 144 Å². The van der Waals surface area contributed by atoms with E-state index in [2.05, 4.69) is 64.2 Å². The molecule has 1 fully saturated rings. The van der Waals surface area contributed by atoms with Crippen molar-refractivity contribution in [3.63, 3.8) is 0 Å². The van der Waals surface area contributed by atoms with Crippen molar-refractivity contribution in [2.45, 2.75) is 91.1 Å². The average Bonchev–Trinajstić information content (AvgIpc) is 2.59. The van der Waals surface area contributed by atoms with E-state index in [-0.39, 0.29) is 0 Å². The van der Waals surface area contributed by atoms with Crippen LogP contribution in [0.2, 0.25) is 0 Å². The second-order valence-corrected chi connectivity index (χ2v) is 8.11. The van der Waals surface area contributed by atoms with Gasteiger partial charge in [0.1, 0.15) is 0 Å². The van der Waals surface area contributed by atoms with Crippen molar-refractivity contribution in [1.29, 1.82) is 0 Å². The molecule has 1 saturated heterocycles. The lowest BCUT2D eigenvalue weighted by molar-refractivity contribution is 0.214. The van der Waals surface area contributed by atoms with Crippen LogP contribution in [0, 0.1) is 11.8 Å². The van der Waals surface area contributed by atoms with Crippen LogP contribution in [0.1, 0.15) is 83.8 Å². The van der Waals surface area contributed by atoms with Crippen LogP contribution in [0.5, 0.6) is 0 Å². The van der Waals surface area contributed by atoms with Crippen LogP contribution < -0.4 is 5.32 Å². The first kappa shape index (κ1) is 18.5. The third-order valence-corrected chi connectivity index (χ3v) is 5.93.